The minimum Gasteiger partial charge on any atom is -0.455 e. The number of para-hydroxylation sites is 2. The molecule has 11 aromatic rings. The summed E-state index contributed by atoms with van der Waals surface area (Å²) in [7, 11) is 0. The Morgan fingerprint density at radius 3 is 1.74 bits per heavy atom. The molecule has 0 bridgehead atoms. The van der Waals surface area contributed by atoms with Gasteiger partial charge in [-0.15, -0.1) is 0 Å². The molecule has 0 amide bonds. The lowest BCUT2D eigenvalue weighted by atomic mass is 9.70. The van der Waals surface area contributed by atoms with Crippen molar-refractivity contribution in [2.75, 3.05) is 4.90 Å². The third-order valence-electron chi connectivity index (χ3n) is 13.7. The number of pyridine rings is 1. The first-order valence-corrected chi connectivity index (χ1v) is 21.0. The van der Waals surface area contributed by atoms with Crippen LogP contribution in [0, 0.1) is 0 Å². The molecule has 3 aliphatic carbocycles. The van der Waals surface area contributed by atoms with Gasteiger partial charge in [-0.05, 0) is 92.0 Å². The second-order valence-electron chi connectivity index (χ2n) is 16.5. The summed E-state index contributed by atoms with van der Waals surface area (Å²) in [5, 5.41) is 4.63. The Hall–Kier alpha value is -8.01. The van der Waals surface area contributed by atoms with Crippen LogP contribution in [0.4, 0.5) is 17.1 Å². The van der Waals surface area contributed by atoms with Gasteiger partial charge in [0.25, 0.3) is 0 Å². The average molecular weight is 775 g/mol. The standard InChI is InChI=1S/C58H34N2O/c1-2-18-45-38(13-1)43-31-32-51(47-33-34-59-56(45)54(43)47)60(36-29-27-35(28-30-36)37-19-11-21-46-42-17-6-10-26-53(42)61-57(37)46)52-25-12-20-44-41-16-5-9-24-50(41)58(55(44)52)48-22-7-3-14-39(48)40-15-4-8-23-49(40)58/h1-34H. The summed E-state index contributed by atoms with van der Waals surface area (Å²) in [6.07, 6.45) is 1.98. The first kappa shape index (κ1) is 32.9. The third kappa shape index (κ3) is 4.19. The maximum absolute atomic E-state index is 6.53. The highest BCUT2D eigenvalue weighted by atomic mass is 16.3. The summed E-state index contributed by atoms with van der Waals surface area (Å²) in [5.41, 5.74) is 21.9. The van der Waals surface area contributed by atoms with E-state index in [1.807, 2.05) is 12.3 Å². The summed E-state index contributed by atoms with van der Waals surface area (Å²) in [6.45, 7) is 0. The van der Waals surface area contributed by atoms with E-state index in [9.17, 15) is 0 Å². The van der Waals surface area contributed by atoms with Gasteiger partial charge in [0.1, 0.15) is 11.2 Å². The molecule has 0 saturated heterocycles. The van der Waals surface area contributed by atoms with Crippen LogP contribution in [0.3, 0.4) is 0 Å². The first-order chi connectivity index (χ1) is 30.3. The van der Waals surface area contributed by atoms with Gasteiger partial charge in [0, 0.05) is 50.1 Å². The average Bonchev–Trinajstić information content (AvgIpc) is 4.05. The maximum atomic E-state index is 6.53. The molecule has 2 heterocycles. The molecule has 1 spiro atoms. The van der Waals surface area contributed by atoms with Crippen LogP contribution in [-0.2, 0) is 5.41 Å². The molecule has 61 heavy (non-hydrogen) atoms. The Bertz CT molecular complexity index is 3580. The molecule has 14 rings (SSSR count). The molecule has 2 aromatic heterocycles. The predicted molar refractivity (Wildman–Crippen MR) is 250 cm³/mol. The molecule has 9 aromatic carbocycles. The van der Waals surface area contributed by atoms with Crippen molar-refractivity contribution >= 4 is 49.8 Å². The Morgan fingerprint density at radius 1 is 0.393 bits per heavy atom. The molecular weight excluding hydrogens is 741 g/mol. The number of fused-ring (bicyclic) bond motifs is 16. The van der Waals surface area contributed by atoms with Crippen LogP contribution in [-0.4, -0.2) is 4.98 Å². The molecule has 0 saturated carbocycles. The number of hydrogen-bond acceptors (Lipinski definition) is 3. The number of hydrogen-bond donors (Lipinski definition) is 0. The molecule has 3 aliphatic rings. The van der Waals surface area contributed by atoms with Crippen LogP contribution in [0.5, 0.6) is 0 Å². The minimum atomic E-state index is -0.530. The lowest BCUT2D eigenvalue weighted by Gasteiger charge is -2.36. The van der Waals surface area contributed by atoms with Crippen LogP contribution < -0.4 is 4.90 Å². The fraction of sp³-hybridized carbons (Fsp3) is 0.0172. The van der Waals surface area contributed by atoms with Gasteiger partial charge < -0.3 is 9.32 Å². The fourth-order valence-corrected chi connectivity index (χ4v) is 11.3. The number of benzene rings is 9. The van der Waals surface area contributed by atoms with Gasteiger partial charge in [-0.2, -0.15) is 0 Å². The molecule has 0 unspecified atom stereocenters. The van der Waals surface area contributed by atoms with E-state index in [1.165, 1.54) is 72.0 Å². The topological polar surface area (TPSA) is 29.3 Å². The van der Waals surface area contributed by atoms with Crippen molar-refractivity contribution in [1.29, 1.82) is 0 Å². The van der Waals surface area contributed by atoms with Gasteiger partial charge in [-0.3, -0.25) is 4.98 Å². The second kappa shape index (κ2) is 12.0. The lowest BCUT2D eigenvalue weighted by molar-refractivity contribution is 0.670. The van der Waals surface area contributed by atoms with Gasteiger partial charge in [-0.25, -0.2) is 0 Å². The SMILES string of the molecule is c1ccc2c(c1)-c1ccc(N(c3ccc(-c4cccc5c4oc4ccccc45)cc3)c3cccc4c3C3(c5ccccc5-c5ccccc53)c3ccccc3-4)c3ccnc-2c13. The van der Waals surface area contributed by atoms with E-state index in [2.05, 4.69) is 199 Å². The number of aromatic nitrogens is 1. The van der Waals surface area contributed by atoms with Gasteiger partial charge in [0.05, 0.1) is 22.5 Å². The smallest absolute Gasteiger partial charge is 0.143 e. The van der Waals surface area contributed by atoms with Crippen molar-refractivity contribution in [2.45, 2.75) is 5.41 Å². The van der Waals surface area contributed by atoms with Crippen LogP contribution in [0.25, 0.3) is 88.5 Å². The summed E-state index contributed by atoms with van der Waals surface area (Å²) in [6, 6.07) is 73.5. The molecule has 0 atom stereocenters. The monoisotopic (exact) mass is 774 g/mol. The molecule has 0 radical (unpaired) electrons. The molecule has 282 valence electrons. The van der Waals surface area contributed by atoms with Gasteiger partial charge in [-0.1, -0.05) is 164 Å². The first-order valence-electron chi connectivity index (χ1n) is 21.0. The van der Waals surface area contributed by atoms with Crippen molar-refractivity contribution in [3.05, 3.63) is 229 Å². The largest absolute Gasteiger partial charge is 0.455 e. The number of nitrogens with zero attached hydrogens (tertiary/aromatic N) is 2. The molecule has 0 N–H and O–H groups in total. The van der Waals surface area contributed by atoms with Gasteiger partial charge in [0.15, 0.2) is 0 Å². The minimum absolute atomic E-state index is 0.530. The highest BCUT2D eigenvalue weighted by Crippen LogP contribution is 2.65. The number of furan rings is 1. The van der Waals surface area contributed by atoms with E-state index < -0.39 is 5.41 Å². The summed E-state index contributed by atoms with van der Waals surface area (Å²) in [5.74, 6) is 0. The highest BCUT2D eigenvalue weighted by molar-refractivity contribution is 6.18. The quantitative estimate of drug-likeness (QED) is 0.178. The number of anilines is 3. The fourth-order valence-electron chi connectivity index (χ4n) is 11.3. The van der Waals surface area contributed by atoms with Gasteiger partial charge in [0.2, 0.25) is 0 Å². The van der Waals surface area contributed by atoms with Crippen LogP contribution in [0.2, 0.25) is 0 Å². The van der Waals surface area contributed by atoms with Crippen molar-refractivity contribution in [3.8, 4) is 55.8 Å². The zero-order chi connectivity index (χ0) is 39.8. The second-order valence-corrected chi connectivity index (χ2v) is 16.5. The Balaban J connectivity index is 1.06. The van der Waals surface area contributed by atoms with Crippen LogP contribution in [0.1, 0.15) is 22.3 Å². The van der Waals surface area contributed by atoms with Crippen LogP contribution >= 0.6 is 0 Å². The van der Waals surface area contributed by atoms with E-state index in [0.717, 1.165) is 55.8 Å². The Kier molecular flexibility index (Phi) is 6.49. The van der Waals surface area contributed by atoms with E-state index in [0.29, 0.717) is 0 Å². The zero-order valence-electron chi connectivity index (χ0n) is 32.9. The van der Waals surface area contributed by atoms with Crippen LogP contribution in [0.15, 0.2) is 211 Å². The van der Waals surface area contributed by atoms with Crippen molar-refractivity contribution in [1.82, 2.24) is 4.98 Å². The molecule has 3 nitrogen and oxygen atoms in total. The number of rotatable bonds is 4. The molecule has 0 fully saturated rings. The highest BCUT2D eigenvalue weighted by Gasteiger charge is 2.53. The van der Waals surface area contributed by atoms with Gasteiger partial charge >= 0.3 is 0 Å². The maximum Gasteiger partial charge on any atom is 0.143 e. The molecule has 0 aliphatic heterocycles. The zero-order valence-corrected chi connectivity index (χ0v) is 32.9. The Morgan fingerprint density at radius 2 is 0.984 bits per heavy atom. The van der Waals surface area contributed by atoms with Crippen molar-refractivity contribution in [3.63, 3.8) is 0 Å². The predicted octanol–water partition coefficient (Wildman–Crippen LogP) is 15.3. The van der Waals surface area contributed by atoms with Crippen molar-refractivity contribution in [2.24, 2.45) is 0 Å². The summed E-state index contributed by atoms with van der Waals surface area (Å²) in [4.78, 5) is 7.54. The van der Waals surface area contributed by atoms with E-state index in [1.54, 1.807) is 0 Å². The lowest BCUT2D eigenvalue weighted by Crippen LogP contribution is -2.28. The summed E-state index contributed by atoms with van der Waals surface area (Å²) >= 11 is 0. The van der Waals surface area contributed by atoms with Crippen molar-refractivity contribution < 1.29 is 4.42 Å². The van der Waals surface area contributed by atoms with E-state index in [4.69, 9.17) is 9.40 Å². The third-order valence-corrected chi connectivity index (χ3v) is 13.7. The molecule has 3 heteroatoms. The Labute approximate surface area is 352 Å². The van der Waals surface area contributed by atoms with E-state index in [-0.39, 0.29) is 0 Å². The van der Waals surface area contributed by atoms with E-state index >= 15 is 0 Å². The summed E-state index contributed by atoms with van der Waals surface area (Å²) < 4.78 is 6.53. The normalized spacial score (nSPS) is 13.4. The molecular formula is C58H34N2O.